The standard InChI is InChI=1S/C14H18ClNO3/c15-13-6-5-10(16)9-12(13)14(17)19-8-2-4-11-3-1-7-18-11/h5-6,9,11H,1-4,7-8,16H2. The zero-order chi connectivity index (χ0) is 13.7. The summed E-state index contributed by atoms with van der Waals surface area (Å²) >= 11 is 5.93. The van der Waals surface area contributed by atoms with E-state index in [0.29, 0.717) is 29.0 Å². The molecule has 1 unspecified atom stereocenters. The zero-order valence-electron chi connectivity index (χ0n) is 10.7. The third-order valence-electron chi connectivity index (χ3n) is 3.14. The molecule has 1 aliphatic rings. The first-order valence-electron chi connectivity index (χ1n) is 6.50. The zero-order valence-corrected chi connectivity index (χ0v) is 11.5. The van der Waals surface area contributed by atoms with Gasteiger partial charge >= 0.3 is 5.97 Å². The molecule has 1 atom stereocenters. The monoisotopic (exact) mass is 283 g/mol. The predicted molar refractivity (Wildman–Crippen MR) is 74.4 cm³/mol. The Kier molecular flexibility index (Phi) is 5.05. The minimum absolute atomic E-state index is 0.318. The number of esters is 1. The number of benzene rings is 1. The minimum Gasteiger partial charge on any atom is -0.462 e. The molecular formula is C14H18ClNO3. The molecule has 4 nitrogen and oxygen atoms in total. The van der Waals surface area contributed by atoms with Crippen LogP contribution in [0.25, 0.3) is 0 Å². The first-order chi connectivity index (χ1) is 9.16. The molecule has 0 aliphatic carbocycles. The number of anilines is 1. The fourth-order valence-corrected chi connectivity index (χ4v) is 2.32. The largest absolute Gasteiger partial charge is 0.462 e. The van der Waals surface area contributed by atoms with Crippen LogP contribution in [0.4, 0.5) is 5.69 Å². The first kappa shape index (κ1) is 14.2. The van der Waals surface area contributed by atoms with Crippen molar-refractivity contribution in [3.05, 3.63) is 28.8 Å². The van der Waals surface area contributed by atoms with Gasteiger partial charge in [-0.15, -0.1) is 0 Å². The highest BCUT2D eigenvalue weighted by atomic mass is 35.5. The molecule has 2 N–H and O–H groups in total. The maximum atomic E-state index is 11.8. The van der Waals surface area contributed by atoms with Crippen LogP contribution in [0.1, 0.15) is 36.0 Å². The summed E-state index contributed by atoms with van der Waals surface area (Å²) in [6.45, 7) is 1.23. The van der Waals surface area contributed by atoms with Gasteiger partial charge in [0.15, 0.2) is 0 Å². The van der Waals surface area contributed by atoms with Gasteiger partial charge in [0.2, 0.25) is 0 Å². The van der Waals surface area contributed by atoms with Crippen LogP contribution in [0.3, 0.4) is 0 Å². The highest BCUT2D eigenvalue weighted by molar-refractivity contribution is 6.33. The van der Waals surface area contributed by atoms with Crippen LogP contribution in [0.5, 0.6) is 0 Å². The van der Waals surface area contributed by atoms with E-state index in [1.165, 1.54) is 6.07 Å². The molecule has 0 saturated carbocycles. The lowest BCUT2D eigenvalue weighted by atomic mass is 10.1. The van der Waals surface area contributed by atoms with E-state index >= 15 is 0 Å². The van der Waals surface area contributed by atoms with E-state index in [4.69, 9.17) is 26.8 Å². The number of carbonyl (C=O) groups excluding carboxylic acids is 1. The number of hydrogen-bond acceptors (Lipinski definition) is 4. The third kappa shape index (κ3) is 4.11. The molecule has 1 aromatic carbocycles. The van der Waals surface area contributed by atoms with Crippen molar-refractivity contribution < 1.29 is 14.3 Å². The number of carbonyl (C=O) groups is 1. The fourth-order valence-electron chi connectivity index (χ4n) is 2.12. The highest BCUT2D eigenvalue weighted by Gasteiger charge is 2.16. The Morgan fingerprint density at radius 1 is 1.53 bits per heavy atom. The molecule has 19 heavy (non-hydrogen) atoms. The second-order valence-electron chi connectivity index (χ2n) is 4.65. The lowest BCUT2D eigenvalue weighted by molar-refractivity contribution is 0.0461. The Bertz CT molecular complexity index is 444. The number of halogens is 1. The molecule has 104 valence electrons. The Morgan fingerprint density at radius 2 is 2.37 bits per heavy atom. The van der Waals surface area contributed by atoms with Crippen LogP contribution in [0, 0.1) is 0 Å². The van der Waals surface area contributed by atoms with Gasteiger partial charge in [-0.3, -0.25) is 0 Å². The summed E-state index contributed by atoms with van der Waals surface area (Å²) in [5.74, 6) is -0.426. The van der Waals surface area contributed by atoms with Gasteiger partial charge in [0, 0.05) is 12.3 Å². The normalized spacial score (nSPS) is 18.5. The summed E-state index contributed by atoms with van der Waals surface area (Å²) < 4.78 is 10.7. The summed E-state index contributed by atoms with van der Waals surface area (Å²) in [6, 6.07) is 4.78. The van der Waals surface area contributed by atoms with Gasteiger partial charge in [-0.1, -0.05) is 11.6 Å². The fraction of sp³-hybridized carbons (Fsp3) is 0.500. The SMILES string of the molecule is Nc1ccc(Cl)c(C(=O)OCCCC2CCCO2)c1. The van der Waals surface area contributed by atoms with Gasteiger partial charge in [0.25, 0.3) is 0 Å². The number of rotatable bonds is 5. The average Bonchev–Trinajstić information content (AvgIpc) is 2.90. The molecule has 1 aromatic rings. The molecule has 0 aromatic heterocycles. The Labute approximate surface area is 117 Å². The number of nitrogen functional groups attached to an aromatic ring is 1. The molecule has 2 rings (SSSR count). The molecule has 1 aliphatic heterocycles. The minimum atomic E-state index is -0.426. The van der Waals surface area contributed by atoms with E-state index in [-0.39, 0.29) is 0 Å². The average molecular weight is 284 g/mol. The van der Waals surface area contributed by atoms with Crippen molar-refractivity contribution >= 4 is 23.3 Å². The van der Waals surface area contributed by atoms with E-state index in [1.807, 2.05) is 0 Å². The Morgan fingerprint density at radius 3 is 3.11 bits per heavy atom. The van der Waals surface area contributed by atoms with Crippen molar-refractivity contribution in [1.82, 2.24) is 0 Å². The maximum absolute atomic E-state index is 11.8. The van der Waals surface area contributed by atoms with E-state index in [2.05, 4.69) is 0 Å². The highest BCUT2D eigenvalue weighted by Crippen LogP contribution is 2.20. The molecule has 0 bridgehead atoms. The lowest BCUT2D eigenvalue weighted by Crippen LogP contribution is -2.10. The third-order valence-corrected chi connectivity index (χ3v) is 3.47. The van der Waals surface area contributed by atoms with Crippen LogP contribution in [-0.4, -0.2) is 25.3 Å². The van der Waals surface area contributed by atoms with Crippen LogP contribution < -0.4 is 5.73 Å². The van der Waals surface area contributed by atoms with Crippen LogP contribution in [-0.2, 0) is 9.47 Å². The van der Waals surface area contributed by atoms with Gasteiger partial charge in [0.1, 0.15) is 0 Å². The first-order valence-corrected chi connectivity index (χ1v) is 6.88. The molecule has 1 saturated heterocycles. The Hall–Kier alpha value is -1.26. The molecule has 0 spiro atoms. The molecule has 5 heteroatoms. The van der Waals surface area contributed by atoms with Gasteiger partial charge in [-0.25, -0.2) is 4.79 Å². The quantitative estimate of drug-likeness (QED) is 0.512. The van der Waals surface area contributed by atoms with Crippen molar-refractivity contribution in [2.75, 3.05) is 18.9 Å². The van der Waals surface area contributed by atoms with Crippen molar-refractivity contribution in [2.24, 2.45) is 0 Å². The van der Waals surface area contributed by atoms with E-state index in [0.717, 1.165) is 32.3 Å². The molecule has 0 amide bonds. The molecular weight excluding hydrogens is 266 g/mol. The summed E-state index contributed by atoms with van der Waals surface area (Å²) in [4.78, 5) is 11.8. The molecule has 0 radical (unpaired) electrons. The van der Waals surface area contributed by atoms with Crippen LogP contribution >= 0.6 is 11.6 Å². The summed E-state index contributed by atoms with van der Waals surface area (Å²) in [6.07, 6.45) is 4.29. The Balaban J connectivity index is 1.75. The second kappa shape index (κ2) is 6.78. The van der Waals surface area contributed by atoms with E-state index in [9.17, 15) is 4.79 Å². The van der Waals surface area contributed by atoms with Crippen LogP contribution in [0.15, 0.2) is 18.2 Å². The predicted octanol–water partition coefficient (Wildman–Crippen LogP) is 3.04. The second-order valence-corrected chi connectivity index (χ2v) is 5.06. The van der Waals surface area contributed by atoms with Gasteiger partial charge in [0.05, 0.1) is 23.3 Å². The molecule has 1 heterocycles. The van der Waals surface area contributed by atoms with E-state index in [1.54, 1.807) is 12.1 Å². The van der Waals surface area contributed by atoms with E-state index < -0.39 is 5.97 Å². The van der Waals surface area contributed by atoms with Crippen molar-refractivity contribution in [3.8, 4) is 0 Å². The topological polar surface area (TPSA) is 61.6 Å². The number of ether oxygens (including phenoxy) is 2. The molecule has 1 fully saturated rings. The summed E-state index contributed by atoms with van der Waals surface area (Å²) in [7, 11) is 0. The summed E-state index contributed by atoms with van der Waals surface area (Å²) in [5.41, 5.74) is 6.43. The maximum Gasteiger partial charge on any atom is 0.339 e. The van der Waals surface area contributed by atoms with Gasteiger partial charge in [-0.2, -0.15) is 0 Å². The lowest BCUT2D eigenvalue weighted by Gasteiger charge is -2.10. The number of hydrogen-bond donors (Lipinski definition) is 1. The smallest absolute Gasteiger partial charge is 0.339 e. The van der Waals surface area contributed by atoms with Crippen molar-refractivity contribution in [2.45, 2.75) is 31.8 Å². The summed E-state index contributed by atoms with van der Waals surface area (Å²) in [5, 5.41) is 0.360. The van der Waals surface area contributed by atoms with Crippen LogP contribution in [0.2, 0.25) is 5.02 Å². The van der Waals surface area contributed by atoms with Crippen molar-refractivity contribution in [1.29, 1.82) is 0 Å². The van der Waals surface area contributed by atoms with Crippen molar-refractivity contribution in [3.63, 3.8) is 0 Å². The van der Waals surface area contributed by atoms with Gasteiger partial charge < -0.3 is 15.2 Å². The number of nitrogens with two attached hydrogens (primary N) is 1. The van der Waals surface area contributed by atoms with Gasteiger partial charge in [-0.05, 0) is 43.9 Å².